The van der Waals surface area contributed by atoms with Crippen LogP contribution in [0.2, 0.25) is 0 Å². The van der Waals surface area contributed by atoms with Gasteiger partial charge in [0.2, 0.25) is 0 Å². The van der Waals surface area contributed by atoms with Gasteiger partial charge in [-0.1, -0.05) is 23.8 Å². The van der Waals surface area contributed by atoms with E-state index in [1.165, 1.54) is 42.4 Å². The molecule has 0 aromatic heterocycles. The van der Waals surface area contributed by atoms with Crippen molar-refractivity contribution in [2.45, 2.75) is 25.7 Å². The van der Waals surface area contributed by atoms with Crippen molar-refractivity contribution in [3.05, 3.63) is 0 Å². The van der Waals surface area contributed by atoms with Crippen LogP contribution in [0.15, 0.2) is 0 Å². The van der Waals surface area contributed by atoms with E-state index in [1.54, 1.807) is 0 Å². The summed E-state index contributed by atoms with van der Waals surface area (Å²) in [6.07, 6.45) is 5.70. The quantitative estimate of drug-likeness (QED) is 0.583. The molecule has 0 amide bonds. The highest BCUT2D eigenvalue weighted by Gasteiger charge is 2.13. The van der Waals surface area contributed by atoms with Crippen molar-refractivity contribution in [2.24, 2.45) is 5.92 Å². The SMILES string of the molecule is ClSCC1CCCC1. The van der Waals surface area contributed by atoms with Gasteiger partial charge in [0.1, 0.15) is 0 Å². The molecule has 48 valence electrons. The van der Waals surface area contributed by atoms with Gasteiger partial charge in [0, 0.05) is 5.75 Å². The molecule has 0 radical (unpaired) electrons. The summed E-state index contributed by atoms with van der Waals surface area (Å²) in [4.78, 5) is 0. The van der Waals surface area contributed by atoms with Gasteiger partial charge in [0.05, 0.1) is 0 Å². The molecular formula is C6H11ClS. The highest BCUT2D eigenvalue weighted by Crippen LogP contribution is 2.28. The molecule has 0 atom stereocenters. The average molecular weight is 151 g/mol. The monoisotopic (exact) mass is 150 g/mol. The third kappa shape index (κ3) is 1.87. The molecule has 0 aromatic rings. The van der Waals surface area contributed by atoms with Gasteiger partial charge in [-0.15, -0.1) is 0 Å². The van der Waals surface area contributed by atoms with Crippen LogP contribution < -0.4 is 0 Å². The molecule has 0 saturated heterocycles. The van der Waals surface area contributed by atoms with E-state index in [4.69, 9.17) is 10.7 Å². The van der Waals surface area contributed by atoms with Crippen LogP contribution in [0, 0.1) is 5.92 Å². The topological polar surface area (TPSA) is 0 Å². The Morgan fingerprint density at radius 2 is 2.00 bits per heavy atom. The molecule has 0 unspecified atom stereocenters. The Morgan fingerprint density at radius 1 is 1.38 bits per heavy atom. The van der Waals surface area contributed by atoms with Gasteiger partial charge in [-0.2, -0.15) is 0 Å². The average Bonchev–Trinajstić information content (AvgIpc) is 2.19. The lowest BCUT2D eigenvalue weighted by molar-refractivity contribution is 0.624. The molecule has 0 heterocycles. The standard InChI is InChI=1S/C6H11ClS/c7-8-5-6-3-1-2-4-6/h6H,1-5H2. The molecule has 8 heavy (non-hydrogen) atoms. The van der Waals surface area contributed by atoms with Crippen LogP contribution in [-0.4, -0.2) is 5.75 Å². The third-order valence-corrected chi connectivity index (χ3v) is 2.75. The van der Waals surface area contributed by atoms with E-state index in [0.29, 0.717) is 0 Å². The molecule has 1 aliphatic rings. The predicted molar refractivity (Wildman–Crippen MR) is 40.3 cm³/mol. The summed E-state index contributed by atoms with van der Waals surface area (Å²) >= 11 is 0. The fourth-order valence-corrected chi connectivity index (χ4v) is 2.31. The van der Waals surface area contributed by atoms with Gasteiger partial charge < -0.3 is 0 Å². The second-order valence-corrected chi connectivity index (χ2v) is 3.63. The summed E-state index contributed by atoms with van der Waals surface area (Å²) in [6, 6.07) is 0. The Morgan fingerprint density at radius 3 is 2.50 bits per heavy atom. The lowest BCUT2D eigenvalue weighted by Gasteiger charge is -2.01. The molecule has 0 aliphatic heterocycles. The summed E-state index contributed by atoms with van der Waals surface area (Å²) in [7, 11) is 6.97. The lowest BCUT2D eigenvalue weighted by atomic mass is 10.1. The molecule has 1 fully saturated rings. The minimum atomic E-state index is 0.942. The summed E-state index contributed by atoms with van der Waals surface area (Å²) in [5.74, 6) is 2.11. The van der Waals surface area contributed by atoms with E-state index in [2.05, 4.69) is 0 Å². The second kappa shape index (κ2) is 3.62. The van der Waals surface area contributed by atoms with Crippen LogP contribution in [0.4, 0.5) is 0 Å². The van der Waals surface area contributed by atoms with Crippen molar-refractivity contribution < 1.29 is 0 Å². The van der Waals surface area contributed by atoms with Gasteiger partial charge >= 0.3 is 0 Å². The summed E-state index contributed by atoms with van der Waals surface area (Å²) in [6.45, 7) is 0. The second-order valence-electron chi connectivity index (χ2n) is 2.43. The van der Waals surface area contributed by atoms with E-state index >= 15 is 0 Å². The first-order valence-electron chi connectivity index (χ1n) is 3.17. The maximum Gasteiger partial charge on any atom is 0.0114 e. The van der Waals surface area contributed by atoms with Crippen molar-refractivity contribution in [1.82, 2.24) is 0 Å². The Hall–Kier alpha value is 0.640. The van der Waals surface area contributed by atoms with Crippen molar-refractivity contribution >= 4 is 21.7 Å². The lowest BCUT2D eigenvalue weighted by Crippen LogP contribution is -1.93. The van der Waals surface area contributed by atoms with Crippen LogP contribution in [0.5, 0.6) is 0 Å². The van der Waals surface area contributed by atoms with Crippen LogP contribution in [0.3, 0.4) is 0 Å². The minimum Gasteiger partial charge on any atom is -0.0555 e. The Balaban J connectivity index is 2.06. The van der Waals surface area contributed by atoms with Crippen LogP contribution in [0.25, 0.3) is 0 Å². The summed E-state index contributed by atoms with van der Waals surface area (Å²) in [5.41, 5.74) is 0. The Labute approximate surface area is 59.5 Å². The Bertz CT molecular complexity index is 59.5. The van der Waals surface area contributed by atoms with E-state index < -0.39 is 0 Å². The first-order chi connectivity index (χ1) is 3.93. The zero-order valence-electron chi connectivity index (χ0n) is 4.90. The van der Waals surface area contributed by atoms with Crippen LogP contribution in [0.1, 0.15) is 25.7 Å². The smallest absolute Gasteiger partial charge is 0.0114 e. The minimum absolute atomic E-state index is 0.942. The zero-order chi connectivity index (χ0) is 5.82. The van der Waals surface area contributed by atoms with E-state index in [1.807, 2.05) is 0 Å². The summed E-state index contributed by atoms with van der Waals surface area (Å²) in [5, 5.41) is 0. The fraction of sp³-hybridized carbons (Fsp3) is 1.00. The molecular weight excluding hydrogens is 140 g/mol. The molecule has 0 aromatic carbocycles. The highest BCUT2D eigenvalue weighted by molar-refractivity contribution is 8.21. The number of rotatable bonds is 2. The van der Waals surface area contributed by atoms with Crippen LogP contribution in [-0.2, 0) is 0 Å². The van der Waals surface area contributed by atoms with Crippen molar-refractivity contribution in [1.29, 1.82) is 0 Å². The van der Waals surface area contributed by atoms with Gasteiger partial charge in [-0.05, 0) is 29.4 Å². The van der Waals surface area contributed by atoms with Gasteiger partial charge in [0.15, 0.2) is 0 Å². The molecule has 1 saturated carbocycles. The first-order valence-corrected chi connectivity index (χ1v) is 4.98. The van der Waals surface area contributed by atoms with E-state index in [0.717, 1.165) is 5.92 Å². The van der Waals surface area contributed by atoms with E-state index in [9.17, 15) is 0 Å². The number of hydrogen-bond donors (Lipinski definition) is 0. The van der Waals surface area contributed by atoms with Crippen molar-refractivity contribution in [3.8, 4) is 0 Å². The van der Waals surface area contributed by atoms with Gasteiger partial charge in [-0.3, -0.25) is 0 Å². The molecule has 1 rings (SSSR count). The Kier molecular flexibility index (Phi) is 3.06. The van der Waals surface area contributed by atoms with E-state index in [-0.39, 0.29) is 0 Å². The first kappa shape index (κ1) is 6.76. The zero-order valence-corrected chi connectivity index (χ0v) is 6.47. The maximum atomic E-state index is 5.50. The third-order valence-electron chi connectivity index (χ3n) is 1.77. The number of halogens is 1. The van der Waals surface area contributed by atoms with Gasteiger partial charge in [0.25, 0.3) is 0 Å². The van der Waals surface area contributed by atoms with Crippen molar-refractivity contribution in [2.75, 3.05) is 5.75 Å². The molecule has 2 heteroatoms. The molecule has 0 N–H and O–H groups in total. The molecule has 0 spiro atoms. The predicted octanol–water partition coefficient (Wildman–Crippen LogP) is 3.06. The molecule has 1 aliphatic carbocycles. The summed E-state index contributed by atoms with van der Waals surface area (Å²) < 4.78 is 0. The molecule has 0 bridgehead atoms. The van der Waals surface area contributed by atoms with Gasteiger partial charge in [-0.25, -0.2) is 0 Å². The highest BCUT2D eigenvalue weighted by atomic mass is 35.7. The fourth-order valence-electron chi connectivity index (χ4n) is 1.27. The largest absolute Gasteiger partial charge is 0.0555 e. The van der Waals surface area contributed by atoms with Crippen LogP contribution >= 0.6 is 21.7 Å². The maximum absolute atomic E-state index is 5.50. The van der Waals surface area contributed by atoms with Crippen molar-refractivity contribution in [3.63, 3.8) is 0 Å². The number of hydrogen-bond acceptors (Lipinski definition) is 1. The normalized spacial score (nSPS) is 22.1. The molecule has 0 nitrogen and oxygen atoms in total.